The summed E-state index contributed by atoms with van der Waals surface area (Å²) in [5.41, 5.74) is 0. The first-order chi connectivity index (χ1) is 5.11. The number of carbonyl (C=O) groups is 1. The van der Waals surface area contributed by atoms with E-state index < -0.39 is 24.2 Å². The summed E-state index contributed by atoms with van der Waals surface area (Å²) in [7, 11) is 0. The van der Waals surface area contributed by atoms with Crippen LogP contribution in [0.15, 0.2) is 0 Å². The first-order valence-corrected chi connectivity index (χ1v) is 3.43. The van der Waals surface area contributed by atoms with Crippen LogP contribution in [0, 0.1) is 5.92 Å². The number of aliphatic carboxylic acids is 1. The molecule has 1 saturated heterocycles. The van der Waals surface area contributed by atoms with Gasteiger partial charge in [0.25, 0.3) is 0 Å². The van der Waals surface area contributed by atoms with Crippen LogP contribution in [0.2, 0.25) is 0 Å². The summed E-state index contributed by atoms with van der Waals surface area (Å²) in [5, 5.41) is 29.1. The lowest BCUT2D eigenvalue weighted by Gasteiger charge is -2.28. The molecule has 1 heterocycles. The maximum absolute atomic E-state index is 10.4. The zero-order valence-corrected chi connectivity index (χ0v) is 5.90. The average molecular weight is 161 g/mol. The van der Waals surface area contributed by atoms with Gasteiger partial charge in [0.1, 0.15) is 6.23 Å². The van der Waals surface area contributed by atoms with Gasteiger partial charge in [-0.1, -0.05) is 0 Å². The van der Waals surface area contributed by atoms with E-state index in [-0.39, 0.29) is 13.0 Å². The second-order valence-electron chi connectivity index (χ2n) is 2.67. The molecular formula is C6H11NO4. The molecule has 0 aromatic carbocycles. The molecule has 3 unspecified atom stereocenters. The molecule has 1 aliphatic rings. The lowest BCUT2D eigenvalue weighted by molar-refractivity contribution is -0.148. The van der Waals surface area contributed by atoms with Crippen molar-refractivity contribution in [1.82, 2.24) is 5.32 Å². The summed E-state index contributed by atoms with van der Waals surface area (Å²) in [6.07, 6.45) is -1.64. The Morgan fingerprint density at radius 1 is 1.45 bits per heavy atom. The van der Waals surface area contributed by atoms with Crippen molar-refractivity contribution in [2.24, 2.45) is 5.92 Å². The largest absolute Gasteiger partial charge is 0.481 e. The third-order valence-electron chi connectivity index (χ3n) is 1.82. The number of hydrogen-bond donors (Lipinski definition) is 4. The standard InChI is InChI=1S/C6H11NO4/c8-4-1-5(9)7-2-3(4)6(10)11/h3-5,7-9H,1-2H2,(H,10,11). The molecule has 0 aliphatic carbocycles. The van der Waals surface area contributed by atoms with E-state index in [1.54, 1.807) is 0 Å². The van der Waals surface area contributed by atoms with Gasteiger partial charge in [-0.3, -0.25) is 10.1 Å². The van der Waals surface area contributed by atoms with Crippen LogP contribution in [0.4, 0.5) is 0 Å². The minimum Gasteiger partial charge on any atom is -0.481 e. The number of piperidine rings is 1. The third kappa shape index (κ3) is 1.89. The van der Waals surface area contributed by atoms with Gasteiger partial charge in [-0.05, 0) is 0 Å². The molecule has 1 rings (SSSR count). The van der Waals surface area contributed by atoms with Gasteiger partial charge in [0.05, 0.1) is 12.0 Å². The molecule has 1 fully saturated rings. The lowest BCUT2D eigenvalue weighted by Crippen LogP contribution is -2.49. The molecule has 0 aromatic rings. The fourth-order valence-electron chi connectivity index (χ4n) is 1.13. The van der Waals surface area contributed by atoms with Gasteiger partial charge in [-0.15, -0.1) is 0 Å². The smallest absolute Gasteiger partial charge is 0.310 e. The molecule has 11 heavy (non-hydrogen) atoms. The van der Waals surface area contributed by atoms with Crippen LogP contribution in [-0.4, -0.2) is 40.2 Å². The van der Waals surface area contributed by atoms with E-state index in [0.29, 0.717) is 0 Å². The molecule has 5 heteroatoms. The van der Waals surface area contributed by atoms with Gasteiger partial charge in [0.2, 0.25) is 0 Å². The topological polar surface area (TPSA) is 89.8 Å². The molecule has 0 radical (unpaired) electrons. The predicted molar refractivity (Wildman–Crippen MR) is 35.8 cm³/mol. The van der Waals surface area contributed by atoms with Crippen molar-refractivity contribution in [2.75, 3.05) is 6.54 Å². The summed E-state index contributed by atoms with van der Waals surface area (Å²) in [5.74, 6) is -1.82. The Kier molecular flexibility index (Phi) is 2.43. The van der Waals surface area contributed by atoms with Crippen LogP contribution in [0.25, 0.3) is 0 Å². The monoisotopic (exact) mass is 161 g/mol. The van der Waals surface area contributed by atoms with Crippen molar-refractivity contribution in [3.8, 4) is 0 Å². The Bertz CT molecular complexity index is 161. The molecule has 64 valence electrons. The van der Waals surface area contributed by atoms with E-state index in [9.17, 15) is 4.79 Å². The van der Waals surface area contributed by atoms with Crippen LogP contribution in [0.5, 0.6) is 0 Å². The zero-order valence-electron chi connectivity index (χ0n) is 5.90. The second kappa shape index (κ2) is 3.17. The fraction of sp³-hybridized carbons (Fsp3) is 0.833. The van der Waals surface area contributed by atoms with Crippen molar-refractivity contribution < 1.29 is 20.1 Å². The van der Waals surface area contributed by atoms with Gasteiger partial charge in [-0.25, -0.2) is 0 Å². The minimum atomic E-state index is -1.03. The van der Waals surface area contributed by atoms with Crippen molar-refractivity contribution in [1.29, 1.82) is 0 Å². The summed E-state index contributed by atoms with van der Waals surface area (Å²) < 4.78 is 0. The van der Waals surface area contributed by atoms with E-state index in [2.05, 4.69) is 5.32 Å². The minimum absolute atomic E-state index is 0.0803. The zero-order chi connectivity index (χ0) is 8.43. The van der Waals surface area contributed by atoms with Gasteiger partial charge >= 0.3 is 5.97 Å². The highest BCUT2D eigenvalue weighted by Gasteiger charge is 2.32. The van der Waals surface area contributed by atoms with Crippen LogP contribution in [0.1, 0.15) is 6.42 Å². The van der Waals surface area contributed by atoms with E-state index >= 15 is 0 Å². The third-order valence-corrected chi connectivity index (χ3v) is 1.82. The Morgan fingerprint density at radius 2 is 2.09 bits per heavy atom. The van der Waals surface area contributed by atoms with E-state index in [1.807, 2.05) is 0 Å². The Labute approximate surface area is 63.7 Å². The maximum Gasteiger partial charge on any atom is 0.310 e. The number of carboxylic acids is 1. The van der Waals surface area contributed by atoms with Crippen LogP contribution in [0.3, 0.4) is 0 Å². The predicted octanol–water partition coefficient (Wildman–Crippen LogP) is -1.64. The maximum atomic E-state index is 10.4. The quantitative estimate of drug-likeness (QED) is 0.370. The summed E-state index contributed by atoms with van der Waals surface area (Å²) >= 11 is 0. The highest BCUT2D eigenvalue weighted by molar-refractivity contribution is 5.71. The van der Waals surface area contributed by atoms with Gasteiger partial charge in [0.15, 0.2) is 0 Å². The van der Waals surface area contributed by atoms with Gasteiger partial charge in [-0.2, -0.15) is 0 Å². The Hall–Kier alpha value is -0.650. The highest BCUT2D eigenvalue weighted by Crippen LogP contribution is 2.13. The number of nitrogens with one attached hydrogen (secondary N) is 1. The number of aliphatic hydroxyl groups is 2. The molecule has 1 aliphatic heterocycles. The SMILES string of the molecule is O=C(O)C1CNC(O)CC1O. The van der Waals surface area contributed by atoms with E-state index in [0.717, 1.165) is 0 Å². The molecule has 5 nitrogen and oxygen atoms in total. The molecule has 0 saturated carbocycles. The molecule has 0 amide bonds. The van der Waals surface area contributed by atoms with Crippen LogP contribution < -0.4 is 5.32 Å². The van der Waals surface area contributed by atoms with Gasteiger partial charge in [0, 0.05) is 13.0 Å². The molecule has 0 bridgehead atoms. The average Bonchev–Trinajstić information content (AvgIpc) is 1.85. The first kappa shape index (κ1) is 8.45. The Balaban J connectivity index is 2.50. The van der Waals surface area contributed by atoms with Crippen molar-refractivity contribution >= 4 is 5.97 Å². The number of rotatable bonds is 1. The van der Waals surface area contributed by atoms with Crippen molar-refractivity contribution in [2.45, 2.75) is 18.8 Å². The van der Waals surface area contributed by atoms with E-state index in [4.69, 9.17) is 15.3 Å². The number of aliphatic hydroxyl groups excluding tert-OH is 2. The van der Waals surface area contributed by atoms with Crippen molar-refractivity contribution in [3.05, 3.63) is 0 Å². The molecule has 0 spiro atoms. The fourth-order valence-corrected chi connectivity index (χ4v) is 1.13. The normalized spacial score (nSPS) is 38.5. The second-order valence-corrected chi connectivity index (χ2v) is 2.67. The number of hydrogen-bond acceptors (Lipinski definition) is 4. The lowest BCUT2D eigenvalue weighted by atomic mass is 9.95. The summed E-state index contributed by atoms with van der Waals surface area (Å²) in [4.78, 5) is 10.4. The molecule has 3 atom stereocenters. The van der Waals surface area contributed by atoms with Crippen molar-refractivity contribution in [3.63, 3.8) is 0 Å². The molecular weight excluding hydrogens is 150 g/mol. The summed E-state index contributed by atoms with van der Waals surface area (Å²) in [6.45, 7) is 0.123. The first-order valence-electron chi connectivity index (χ1n) is 3.43. The van der Waals surface area contributed by atoms with E-state index in [1.165, 1.54) is 0 Å². The van der Waals surface area contributed by atoms with Crippen LogP contribution in [-0.2, 0) is 4.79 Å². The number of carboxylic acid groups (broad SMARTS) is 1. The molecule has 0 aromatic heterocycles. The Morgan fingerprint density at radius 3 is 2.55 bits per heavy atom. The summed E-state index contributed by atoms with van der Waals surface area (Å²) in [6, 6.07) is 0. The van der Waals surface area contributed by atoms with Gasteiger partial charge < -0.3 is 15.3 Å². The highest BCUT2D eigenvalue weighted by atomic mass is 16.4. The van der Waals surface area contributed by atoms with Crippen LogP contribution >= 0.6 is 0 Å². The molecule has 4 N–H and O–H groups in total.